The third kappa shape index (κ3) is 6.87. The first kappa shape index (κ1) is 28.4. The Morgan fingerprint density at radius 1 is 0.923 bits per heavy atom. The van der Waals surface area contributed by atoms with Gasteiger partial charge in [-0.2, -0.15) is 0 Å². The van der Waals surface area contributed by atoms with Gasteiger partial charge in [-0.25, -0.2) is 8.42 Å². The van der Waals surface area contributed by atoms with E-state index in [0.717, 1.165) is 42.4 Å². The minimum Gasteiger partial charge on any atom is -0.352 e. The first-order chi connectivity index (χ1) is 18.7. The summed E-state index contributed by atoms with van der Waals surface area (Å²) >= 11 is 0. The van der Waals surface area contributed by atoms with Crippen LogP contribution in [0.15, 0.2) is 83.8 Å². The van der Waals surface area contributed by atoms with Crippen molar-refractivity contribution in [3.63, 3.8) is 0 Å². The first-order valence-electron chi connectivity index (χ1n) is 13.5. The molecule has 0 aliphatic heterocycles. The van der Waals surface area contributed by atoms with Crippen LogP contribution in [0, 0.1) is 13.8 Å². The van der Waals surface area contributed by atoms with Crippen LogP contribution in [0.4, 0.5) is 5.69 Å². The standard InChI is InChI=1S/C31H37N3O4S/c1-23-18-19-24(2)29(20-23)34(39(37,38)28-16-8-5-9-17-28)22-30(35)33(21-26-12-6-4-7-13-26)25(3)31(36)32-27-14-10-11-15-27/h4-9,12-13,16-20,25,27H,10-11,14-15,21-22H2,1-3H3,(H,32,36)/t25-/m1/s1. The van der Waals surface area contributed by atoms with Crippen molar-refractivity contribution in [3.8, 4) is 0 Å². The quantitative estimate of drug-likeness (QED) is 0.388. The van der Waals surface area contributed by atoms with Crippen LogP contribution in [0.3, 0.4) is 0 Å². The molecular formula is C31H37N3O4S. The van der Waals surface area contributed by atoms with Crippen molar-refractivity contribution in [2.45, 2.75) is 70.0 Å². The molecule has 0 spiro atoms. The summed E-state index contributed by atoms with van der Waals surface area (Å²) in [7, 11) is -4.07. The molecule has 1 saturated carbocycles. The molecule has 1 atom stereocenters. The molecule has 3 aromatic carbocycles. The summed E-state index contributed by atoms with van der Waals surface area (Å²) in [5.41, 5.74) is 2.90. The Balaban J connectivity index is 1.70. The monoisotopic (exact) mass is 547 g/mol. The maximum absolute atomic E-state index is 14.0. The molecule has 1 N–H and O–H groups in total. The summed E-state index contributed by atoms with van der Waals surface area (Å²) in [6.07, 6.45) is 4.02. The highest BCUT2D eigenvalue weighted by molar-refractivity contribution is 7.92. The number of anilines is 1. The molecule has 206 valence electrons. The summed E-state index contributed by atoms with van der Waals surface area (Å²) < 4.78 is 29.0. The van der Waals surface area contributed by atoms with Crippen LogP contribution < -0.4 is 9.62 Å². The second-order valence-electron chi connectivity index (χ2n) is 10.3. The van der Waals surface area contributed by atoms with E-state index in [-0.39, 0.29) is 23.4 Å². The molecule has 1 aliphatic carbocycles. The number of nitrogens with zero attached hydrogens (tertiary/aromatic N) is 2. The van der Waals surface area contributed by atoms with Crippen LogP contribution in [0.25, 0.3) is 0 Å². The fourth-order valence-electron chi connectivity index (χ4n) is 4.98. The average molecular weight is 548 g/mol. The molecule has 0 saturated heterocycles. The SMILES string of the molecule is Cc1ccc(C)c(N(CC(=O)N(Cc2ccccc2)[C@H](C)C(=O)NC2CCCC2)S(=O)(=O)c2ccccc2)c1. The second kappa shape index (κ2) is 12.5. The Labute approximate surface area is 231 Å². The number of benzene rings is 3. The predicted octanol–water partition coefficient (Wildman–Crippen LogP) is 4.97. The molecule has 4 rings (SSSR count). The van der Waals surface area contributed by atoms with E-state index in [2.05, 4.69) is 5.32 Å². The normalized spacial score (nSPS) is 14.5. The minimum atomic E-state index is -4.07. The van der Waals surface area contributed by atoms with Gasteiger partial charge in [-0.3, -0.25) is 13.9 Å². The van der Waals surface area contributed by atoms with Crippen LogP contribution in [-0.2, 0) is 26.2 Å². The smallest absolute Gasteiger partial charge is 0.264 e. The van der Waals surface area contributed by atoms with Gasteiger partial charge in [0.1, 0.15) is 12.6 Å². The highest BCUT2D eigenvalue weighted by Gasteiger charge is 2.33. The highest BCUT2D eigenvalue weighted by atomic mass is 32.2. The van der Waals surface area contributed by atoms with Crippen molar-refractivity contribution >= 4 is 27.5 Å². The lowest BCUT2D eigenvalue weighted by molar-refractivity contribution is -0.139. The van der Waals surface area contributed by atoms with Crippen LogP contribution in [0.1, 0.15) is 49.3 Å². The maximum Gasteiger partial charge on any atom is 0.264 e. The number of aryl methyl sites for hydroxylation is 2. The Morgan fingerprint density at radius 2 is 1.54 bits per heavy atom. The third-order valence-electron chi connectivity index (χ3n) is 7.31. The van der Waals surface area contributed by atoms with Crippen molar-refractivity contribution in [1.82, 2.24) is 10.2 Å². The topological polar surface area (TPSA) is 86.8 Å². The number of rotatable bonds is 10. The fourth-order valence-corrected chi connectivity index (χ4v) is 6.47. The van der Waals surface area contributed by atoms with Crippen molar-refractivity contribution in [2.75, 3.05) is 10.8 Å². The number of hydrogen-bond donors (Lipinski definition) is 1. The molecule has 1 aliphatic rings. The van der Waals surface area contributed by atoms with E-state index in [1.807, 2.05) is 56.3 Å². The van der Waals surface area contributed by atoms with Gasteiger partial charge in [-0.1, -0.05) is 73.5 Å². The zero-order chi connectivity index (χ0) is 28.0. The Bertz CT molecular complexity index is 1390. The summed E-state index contributed by atoms with van der Waals surface area (Å²) in [6.45, 7) is 5.17. The number of carbonyl (C=O) groups excluding carboxylic acids is 2. The number of sulfonamides is 1. The fraction of sp³-hybridized carbons (Fsp3) is 0.355. The summed E-state index contributed by atoms with van der Waals surface area (Å²) in [6, 6.07) is 22.4. The Hall–Kier alpha value is -3.65. The van der Waals surface area contributed by atoms with Crippen LogP contribution in [0.5, 0.6) is 0 Å². The van der Waals surface area contributed by atoms with Gasteiger partial charge < -0.3 is 10.2 Å². The lowest BCUT2D eigenvalue weighted by atomic mass is 10.1. The molecular weight excluding hydrogens is 510 g/mol. The summed E-state index contributed by atoms with van der Waals surface area (Å²) in [5, 5.41) is 3.09. The van der Waals surface area contributed by atoms with E-state index >= 15 is 0 Å². The van der Waals surface area contributed by atoms with Crippen molar-refractivity contribution in [2.24, 2.45) is 0 Å². The minimum absolute atomic E-state index is 0.0975. The van der Waals surface area contributed by atoms with E-state index in [0.29, 0.717) is 5.69 Å². The first-order valence-corrected chi connectivity index (χ1v) is 14.9. The van der Waals surface area contributed by atoms with Gasteiger partial charge >= 0.3 is 0 Å². The number of nitrogens with one attached hydrogen (secondary N) is 1. The molecule has 8 heteroatoms. The van der Waals surface area contributed by atoms with Gasteiger partial charge in [0, 0.05) is 12.6 Å². The lowest BCUT2D eigenvalue weighted by Gasteiger charge is -2.33. The molecule has 0 unspecified atom stereocenters. The van der Waals surface area contributed by atoms with Gasteiger partial charge in [-0.05, 0) is 68.5 Å². The Kier molecular flexibility index (Phi) is 9.07. The summed E-state index contributed by atoms with van der Waals surface area (Å²) in [4.78, 5) is 28.9. The van der Waals surface area contributed by atoms with E-state index in [9.17, 15) is 18.0 Å². The molecule has 3 aromatic rings. The average Bonchev–Trinajstić information content (AvgIpc) is 3.45. The van der Waals surface area contributed by atoms with Crippen LogP contribution >= 0.6 is 0 Å². The molecule has 7 nitrogen and oxygen atoms in total. The zero-order valence-electron chi connectivity index (χ0n) is 22.8. The molecule has 0 heterocycles. The zero-order valence-corrected chi connectivity index (χ0v) is 23.7. The number of carbonyl (C=O) groups is 2. The Morgan fingerprint density at radius 3 is 2.18 bits per heavy atom. The van der Waals surface area contributed by atoms with E-state index in [1.54, 1.807) is 31.2 Å². The molecule has 39 heavy (non-hydrogen) atoms. The van der Waals surface area contributed by atoms with E-state index in [4.69, 9.17) is 0 Å². The molecule has 0 radical (unpaired) electrons. The van der Waals surface area contributed by atoms with Crippen LogP contribution in [-0.4, -0.2) is 43.8 Å². The number of amides is 2. The second-order valence-corrected chi connectivity index (χ2v) is 12.2. The maximum atomic E-state index is 14.0. The summed E-state index contributed by atoms with van der Waals surface area (Å²) in [5.74, 6) is -0.677. The van der Waals surface area contributed by atoms with E-state index in [1.165, 1.54) is 21.3 Å². The molecule has 0 aromatic heterocycles. The molecule has 2 amide bonds. The van der Waals surface area contributed by atoms with Crippen LogP contribution in [0.2, 0.25) is 0 Å². The lowest BCUT2D eigenvalue weighted by Crippen LogP contribution is -2.52. The molecule has 1 fully saturated rings. The van der Waals surface area contributed by atoms with Crippen molar-refractivity contribution < 1.29 is 18.0 Å². The van der Waals surface area contributed by atoms with E-state index < -0.39 is 28.5 Å². The van der Waals surface area contributed by atoms with Gasteiger partial charge in [0.15, 0.2) is 0 Å². The third-order valence-corrected chi connectivity index (χ3v) is 9.08. The van der Waals surface area contributed by atoms with Gasteiger partial charge in [0.25, 0.3) is 10.0 Å². The van der Waals surface area contributed by atoms with Gasteiger partial charge in [0.2, 0.25) is 11.8 Å². The largest absolute Gasteiger partial charge is 0.352 e. The van der Waals surface area contributed by atoms with Crippen molar-refractivity contribution in [1.29, 1.82) is 0 Å². The number of hydrogen-bond acceptors (Lipinski definition) is 4. The van der Waals surface area contributed by atoms with Gasteiger partial charge in [0.05, 0.1) is 10.6 Å². The predicted molar refractivity (Wildman–Crippen MR) is 154 cm³/mol. The molecule has 0 bridgehead atoms. The van der Waals surface area contributed by atoms with Crippen molar-refractivity contribution in [3.05, 3.63) is 95.6 Å². The highest BCUT2D eigenvalue weighted by Crippen LogP contribution is 2.28. The van der Waals surface area contributed by atoms with Gasteiger partial charge in [-0.15, -0.1) is 0 Å².